The maximum absolute atomic E-state index is 11.9. The Morgan fingerprint density at radius 3 is 2.74 bits per heavy atom. The second-order valence-corrected chi connectivity index (χ2v) is 5.33. The first-order chi connectivity index (χ1) is 8.97. The minimum atomic E-state index is -0.806. The van der Waals surface area contributed by atoms with E-state index in [0.717, 1.165) is 6.42 Å². The Bertz CT molecular complexity index is 503. The highest BCUT2D eigenvalue weighted by Crippen LogP contribution is 2.38. The first kappa shape index (κ1) is 13.9. The number of amides is 1. The van der Waals surface area contributed by atoms with Gasteiger partial charge in [0.15, 0.2) is 6.10 Å². The summed E-state index contributed by atoms with van der Waals surface area (Å²) in [6.45, 7) is 3.55. The van der Waals surface area contributed by atoms with E-state index >= 15 is 0 Å². The molecule has 0 aliphatic heterocycles. The SMILES string of the molecule is C[C@H](OC(=O)[C@H]1C[C@H]1C)C(=O)Nc1cccc(Cl)c1. The number of hydrogen-bond donors (Lipinski definition) is 1. The Balaban J connectivity index is 1.87. The monoisotopic (exact) mass is 281 g/mol. The van der Waals surface area contributed by atoms with Crippen molar-refractivity contribution >= 4 is 29.2 Å². The fourth-order valence-electron chi connectivity index (χ4n) is 1.78. The molecule has 1 amide bonds. The minimum absolute atomic E-state index is 0.0404. The van der Waals surface area contributed by atoms with Crippen molar-refractivity contribution in [3.05, 3.63) is 29.3 Å². The zero-order chi connectivity index (χ0) is 14.0. The summed E-state index contributed by atoms with van der Waals surface area (Å²) >= 11 is 5.82. The molecule has 0 bridgehead atoms. The van der Waals surface area contributed by atoms with E-state index in [2.05, 4.69) is 5.32 Å². The molecule has 1 aliphatic rings. The van der Waals surface area contributed by atoms with Crippen LogP contribution in [0.2, 0.25) is 5.02 Å². The van der Waals surface area contributed by atoms with Crippen molar-refractivity contribution in [3.8, 4) is 0 Å². The summed E-state index contributed by atoms with van der Waals surface area (Å²) in [6.07, 6.45) is 0.0425. The lowest BCUT2D eigenvalue weighted by atomic mass is 10.3. The Morgan fingerprint density at radius 2 is 2.16 bits per heavy atom. The smallest absolute Gasteiger partial charge is 0.309 e. The summed E-state index contributed by atoms with van der Waals surface area (Å²) in [7, 11) is 0. The molecule has 5 heteroatoms. The molecule has 0 radical (unpaired) electrons. The standard InChI is InChI=1S/C14H16ClNO3/c1-8-6-12(8)14(18)19-9(2)13(17)16-11-5-3-4-10(15)7-11/h3-5,7-9,12H,6H2,1-2H3,(H,16,17)/t8-,9+,12+/m1/s1. The molecule has 1 saturated carbocycles. The predicted molar refractivity (Wildman–Crippen MR) is 72.9 cm³/mol. The van der Waals surface area contributed by atoms with Crippen LogP contribution < -0.4 is 5.32 Å². The zero-order valence-electron chi connectivity index (χ0n) is 10.9. The van der Waals surface area contributed by atoms with E-state index in [1.165, 1.54) is 0 Å². The third-order valence-electron chi connectivity index (χ3n) is 3.17. The number of benzene rings is 1. The van der Waals surface area contributed by atoms with Crippen LogP contribution in [-0.4, -0.2) is 18.0 Å². The van der Waals surface area contributed by atoms with Crippen LogP contribution in [0.15, 0.2) is 24.3 Å². The average molecular weight is 282 g/mol. The third kappa shape index (κ3) is 3.70. The second kappa shape index (κ2) is 5.61. The van der Waals surface area contributed by atoms with Crippen molar-refractivity contribution in [1.29, 1.82) is 0 Å². The van der Waals surface area contributed by atoms with Crippen LogP contribution >= 0.6 is 11.6 Å². The molecule has 0 aromatic heterocycles. The van der Waals surface area contributed by atoms with Gasteiger partial charge in [-0.2, -0.15) is 0 Å². The molecular formula is C14H16ClNO3. The zero-order valence-corrected chi connectivity index (χ0v) is 11.6. The maximum atomic E-state index is 11.9. The number of carbonyl (C=O) groups is 2. The molecule has 1 aromatic carbocycles. The van der Waals surface area contributed by atoms with Crippen molar-refractivity contribution in [1.82, 2.24) is 0 Å². The molecule has 19 heavy (non-hydrogen) atoms. The van der Waals surface area contributed by atoms with Gasteiger partial charge in [0.1, 0.15) is 0 Å². The Kier molecular flexibility index (Phi) is 4.10. The normalized spacial score (nSPS) is 22.5. The van der Waals surface area contributed by atoms with E-state index in [1.807, 2.05) is 6.92 Å². The van der Waals surface area contributed by atoms with Crippen molar-refractivity contribution < 1.29 is 14.3 Å². The van der Waals surface area contributed by atoms with Crippen molar-refractivity contribution in [3.63, 3.8) is 0 Å². The van der Waals surface area contributed by atoms with E-state index in [1.54, 1.807) is 31.2 Å². The Morgan fingerprint density at radius 1 is 1.47 bits per heavy atom. The summed E-state index contributed by atoms with van der Waals surface area (Å²) in [5.74, 6) is -0.317. The number of ether oxygens (including phenoxy) is 1. The van der Waals surface area contributed by atoms with Crippen LogP contribution in [0.4, 0.5) is 5.69 Å². The quantitative estimate of drug-likeness (QED) is 0.864. The van der Waals surface area contributed by atoms with Gasteiger partial charge in [-0.15, -0.1) is 0 Å². The lowest BCUT2D eigenvalue weighted by Gasteiger charge is -2.13. The van der Waals surface area contributed by atoms with Gasteiger partial charge in [0.25, 0.3) is 5.91 Å². The number of rotatable bonds is 4. The van der Waals surface area contributed by atoms with Crippen LogP contribution in [0.3, 0.4) is 0 Å². The molecule has 102 valence electrons. The molecule has 3 atom stereocenters. The van der Waals surface area contributed by atoms with Crippen molar-refractivity contribution in [2.45, 2.75) is 26.4 Å². The molecule has 0 spiro atoms. The molecule has 1 N–H and O–H groups in total. The summed E-state index contributed by atoms with van der Waals surface area (Å²) in [5, 5.41) is 3.19. The third-order valence-corrected chi connectivity index (χ3v) is 3.40. The van der Waals surface area contributed by atoms with Crippen LogP contribution in [0.1, 0.15) is 20.3 Å². The molecule has 1 aromatic rings. The van der Waals surface area contributed by atoms with E-state index in [-0.39, 0.29) is 17.8 Å². The van der Waals surface area contributed by atoms with Crippen LogP contribution in [-0.2, 0) is 14.3 Å². The summed E-state index contributed by atoms with van der Waals surface area (Å²) in [4.78, 5) is 23.5. The lowest BCUT2D eigenvalue weighted by Crippen LogP contribution is -2.30. The molecule has 0 unspecified atom stereocenters. The van der Waals surface area contributed by atoms with Crippen LogP contribution in [0.5, 0.6) is 0 Å². The van der Waals surface area contributed by atoms with Crippen LogP contribution in [0.25, 0.3) is 0 Å². The van der Waals surface area contributed by atoms with Gasteiger partial charge in [-0.05, 0) is 37.5 Å². The second-order valence-electron chi connectivity index (χ2n) is 4.90. The Labute approximate surface area is 117 Å². The van der Waals surface area contributed by atoms with Gasteiger partial charge < -0.3 is 10.1 Å². The van der Waals surface area contributed by atoms with E-state index in [9.17, 15) is 9.59 Å². The molecule has 1 aliphatic carbocycles. The first-order valence-electron chi connectivity index (χ1n) is 6.24. The molecule has 1 fully saturated rings. The number of anilines is 1. The Hall–Kier alpha value is -1.55. The topological polar surface area (TPSA) is 55.4 Å². The van der Waals surface area contributed by atoms with Gasteiger partial charge in [-0.3, -0.25) is 9.59 Å². The highest BCUT2D eigenvalue weighted by atomic mass is 35.5. The molecule has 0 heterocycles. The molecular weight excluding hydrogens is 266 g/mol. The fourth-order valence-corrected chi connectivity index (χ4v) is 1.97. The summed E-state index contributed by atoms with van der Waals surface area (Å²) in [5.41, 5.74) is 0.584. The van der Waals surface area contributed by atoms with Gasteiger partial charge >= 0.3 is 5.97 Å². The number of carbonyl (C=O) groups excluding carboxylic acids is 2. The molecule has 2 rings (SSSR count). The fraction of sp³-hybridized carbons (Fsp3) is 0.429. The maximum Gasteiger partial charge on any atom is 0.309 e. The molecule has 0 saturated heterocycles. The average Bonchev–Trinajstić information content (AvgIpc) is 3.06. The molecule has 4 nitrogen and oxygen atoms in total. The van der Waals surface area contributed by atoms with Crippen molar-refractivity contribution in [2.75, 3.05) is 5.32 Å². The van der Waals surface area contributed by atoms with Crippen LogP contribution in [0, 0.1) is 11.8 Å². The minimum Gasteiger partial charge on any atom is -0.452 e. The number of nitrogens with one attached hydrogen (secondary N) is 1. The predicted octanol–water partition coefficient (Wildman–Crippen LogP) is 2.87. The van der Waals surface area contributed by atoms with Crippen molar-refractivity contribution in [2.24, 2.45) is 11.8 Å². The number of halogens is 1. The van der Waals surface area contributed by atoms with Gasteiger partial charge in [0, 0.05) is 10.7 Å². The largest absolute Gasteiger partial charge is 0.452 e. The highest BCUT2D eigenvalue weighted by Gasteiger charge is 2.41. The van der Waals surface area contributed by atoms with E-state index in [0.29, 0.717) is 16.6 Å². The van der Waals surface area contributed by atoms with E-state index in [4.69, 9.17) is 16.3 Å². The summed E-state index contributed by atoms with van der Waals surface area (Å²) in [6, 6.07) is 6.81. The number of hydrogen-bond acceptors (Lipinski definition) is 3. The summed E-state index contributed by atoms with van der Waals surface area (Å²) < 4.78 is 5.12. The van der Waals surface area contributed by atoms with Gasteiger partial charge in [-0.1, -0.05) is 24.6 Å². The van der Waals surface area contributed by atoms with Gasteiger partial charge in [-0.25, -0.2) is 0 Å². The first-order valence-corrected chi connectivity index (χ1v) is 6.62. The highest BCUT2D eigenvalue weighted by molar-refractivity contribution is 6.30. The van der Waals surface area contributed by atoms with Gasteiger partial charge in [0.05, 0.1) is 5.92 Å². The van der Waals surface area contributed by atoms with E-state index < -0.39 is 6.10 Å². The van der Waals surface area contributed by atoms with Gasteiger partial charge in [0.2, 0.25) is 0 Å². The lowest BCUT2D eigenvalue weighted by molar-refractivity contribution is -0.154. The number of esters is 1.